The van der Waals surface area contributed by atoms with Gasteiger partial charge in [-0.25, -0.2) is 4.98 Å². The predicted molar refractivity (Wildman–Crippen MR) is 93.0 cm³/mol. The van der Waals surface area contributed by atoms with E-state index in [0.29, 0.717) is 5.02 Å². The van der Waals surface area contributed by atoms with Crippen molar-refractivity contribution in [3.05, 3.63) is 53.6 Å². The number of benzene rings is 2. The van der Waals surface area contributed by atoms with Gasteiger partial charge in [-0.05, 0) is 36.4 Å². The second-order valence-corrected chi connectivity index (χ2v) is 6.32. The maximum atomic E-state index is 12.1. The molecule has 0 bridgehead atoms. The molecule has 0 aliphatic rings. The van der Waals surface area contributed by atoms with Crippen LogP contribution in [0.4, 0.5) is 10.8 Å². The number of para-hydroxylation sites is 1. The molecule has 0 spiro atoms. The molecule has 0 atom stereocenters. The van der Waals surface area contributed by atoms with Gasteiger partial charge >= 0.3 is 0 Å². The van der Waals surface area contributed by atoms with Gasteiger partial charge in [-0.2, -0.15) is 0 Å². The second kappa shape index (κ2) is 6.34. The Hall–Kier alpha value is -2.11. The number of nitrogens with zero attached hydrogens (tertiary/aromatic N) is 2. The van der Waals surface area contributed by atoms with Crippen LogP contribution in [0.2, 0.25) is 5.02 Å². The molecular weight excluding hydrogens is 318 g/mol. The van der Waals surface area contributed by atoms with Gasteiger partial charge in [-0.3, -0.25) is 4.79 Å². The van der Waals surface area contributed by atoms with Crippen molar-refractivity contribution in [2.75, 3.05) is 23.8 Å². The third-order valence-corrected chi connectivity index (χ3v) is 4.52. The van der Waals surface area contributed by atoms with Gasteiger partial charge in [0.15, 0.2) is 5.13 Å². The third kappa shape index (κ3) is 3.37. The van der Waals surface area contributed by atoms with E-state index in [2.05, 4.69) is 10.3 Å². The molecule has 0 unspecified atom stereocenters. The molecule has 112 valence electrons. The van der Waals surface area contributed by atoms with Crippen LogP contribution in [0.5, 0.6) is 0 Å². The molecule has 4 nitrogen and oxygen atoms in total. The summed E-state index contributed by atoms with van der Waals surface area (Å²) < 4.78 is 1.11. The summed E-state index contributed by atoms with van der Waals surface area (Å²) in [4.78, 5) is 18.5. The Bertz CT molecular complexity index is 768. The highest BCUT2D eigenvalue weighted by Gasteiger charge is 2.12. The van der Waals surface area contributed by atoms with E-state index in [1.807, 2.05) is 36.2 Å². The summed E-state index contributed by atoms with van der Waals surface area (Å²) in [7, 11) is 1.86. The number of hydrogen-bond acceptors (Lipinski definition) is 4. The van der Waals surface area contributed by atoms with Crippen molar-refractivity contribution in [2.24, 2.45) is 0 Å². The van der Waals surface area contributed by atoms with E-state index >= 15 is 0 Å². The first kappa shape index (κ1) is 14.8. The van der Waals surface area contributed by atoms with Crippen LogP contribution in [0.1, 0.15) is 0 Å². The van der Waals surface area contributed by atoms with Crippen molar-refractivity contribution < 1.29 is 4.79 Å². The van der Waals surface area contributed by atoms with Gasteiger partial charge in [0.05, 0.1) is 16.8 Å². The zero-order valence-corrected chi connectivity index (χ0v) is 13.5. The van der Waals surface area contributed by atoms with E-state index in [1.165, 1.54) is 0 Å². The lowest BCUT2D eigenvalue weighted by molar-refractivity contribution is -0.114. The number of thiazole rings is 1. The number of anilines is 2. The highest BCUT2D eigenvalue weighted by atomic mass is 35.5. The Labute approximate surface area is 137 Å². The van der Waals surface area contributed by atoms with Crippen molar-refractivity contribution in [1.82, 2.24) is 4.98 Å². The van der Waals surface area contributed by atoms with Crippen molar-refractivity contribution in [1.29, 1.82) is 0 Å². The molecular formula is C16H14ClN3OS. The number of fused-ring (bicyclic) bond motifs is 1. The Morgan fingerprint density at radius 1 is 1.23 bits per heavy atom. The topological polar surface area (TPSA) is 45.2 Å². The summed E-state index contributed by atoms with van der Waals surface area (Å²) in [5, 5.41) is 4.31. The van der Waals surface area contributed by atoms with E-state index in [4.69, 9.17) is 11.6 Å². The highest BCUT2D eigenvalue weighted by Crippen LogP contribution is 2.27. The number of likely N-dealkylation sites (N-methyl/N-ethyl adjacent to an activating group) is 1. The molecule has 0 saturated carbocycles. The molecule has 0 aliphatic heterocycles. The number of aromatic nitrogens is 1. The molecule has 22 heavy (non-hydrogen) atoms. The summed E-state index contributed by atoms with van der Waals surface area (Å²) in [5.41, 5.74) is 1.68. The lowest BCUT2D eigenvalue weighted by Gasteiger charge is -2.15. The predicted octanol–water partition coefficient (Wildman–Crippen LogP) is 4.02. The Morgan fingerprint density at radius 3 is 2.68 bits per heavy atom. The van der Waals surface area contributed by atoms with Crippen LogP contribution in [-0.2, 0) is 4.79 Å². The van der Waals surface area contributed by atoms with Crippen LogP contribution in [0.3, 0.4) is 0 Å². The standard InChI is InChI=1S/C16H14ClN3OS/c1-20(16-19-13-4-2-3-5-14(13)22-16)10-15(21)18-12-8-6-11(17)7-9-12/h2-9H,10H2,1H3,(H,18,21). The highest BCUT2D eigenvalue weighted by molar-refractivity contribution is 7.22. The molecule has 1 aromatic heterocycles. The Balaban J connectivity index is 1.66. The number of halogens is 1. The molecule has 2 aromatic carbocycles. The molecule has 6 heteroatoms. The van der Waals surface area contributed by atoms with E-state index in [1.54, 1.807) is 35.6 Å². The summed E-state index contributed by atoms with van der Waals surface area (Å²) >= 11 is 7.40. The van der Waals surface area contributed by atoms with Crippen LogP contribution >= 0.6 is 22.9 Å². The SMILES string of the molecule is CN(CC(=O)Nc1ccc(Cl)cc1)c1nc2ccccc2s1. The second-order valence-electron chi connectivity index (χ2n) is 4.88. The van der Waals surface area contributed by atoms with Crippen molar-refractivity contribution in [3.63, 3.8) is 0 Å². The number of amides is 1. The van der Waals surface area contributed by atoms with Gasteiger partial charge in [0.1, 0.15) is 0 Å². The molecule has 1 heterocycles. The van der Waals surface area contributed by atoms with Gasteiger partial charge in [0, 0.05) is 17.8 Å². The minimum atomic E-state index is -0.0934. The Morgan fingerprint density at radius 2 is 1.95 bits per heavy atom. The summed E-state index contributed by atoms with van der Waals surface area (Å²) in [6.45, 7) is 0.239. The molecule has 0 saturated heterocycles. The van der Waals surface area contributed by atoms with Crippen LogP contribution in [0, 0.1) is 0 Å². The first-order valence-electron chi connectivity index (χ1n) is 6.74. The fourth-order valence-electron chi connectivity index (χ4n) is 2.04. The van der Waals surface area contributed by atoms with E-state index in [-0.39, 0.29) is 12.5 Å². The normalized spacial score (nSPS) is 10.6. The van der Waals surface area contributed by atoms with Gasteiger partial charge in [-0.15, -0.1) is 0 Å². The van der Waals surface area contributed by atoms with Gasteiger partial charge in [-0.1, -0.05) is 35.1 Å². The van der Waals surface area contributed by atoms with Gasteiger partial charge in [0.2, 0.25) is 5.91 Å². The maximum absolute atomic E-state index is 12.1. The minimum absolute atomic E-state index is 0.0934. The average molecular weight is 332 g/mol. The maximum Gasteiger partial charge on any atom is 0.243 e. The number of carbonyl (C=O) groups is 1. The van der Waals surface area contributed by atoms with Crippen molar-refractivity contribution in [3.8, 4) is 0 Å². The molecule has 0 radical (unpaired) electrons. The first-order valence-corrected chi connectivity index (χ1v) is 7.93. The molecule has 1 amide bonds. The quantitative estimate of drug-likeness (QED) is 0.785. The molecule has 3 aromatic rings. The lowest BCUT2D eigenvalue weighted by Crippen LogP contribution is -2.29. The largest absolute Gasteiger partial charge is 0.342 e. The molecule has 1 N–H and O–H groups in total. The van der Waals surface area contributed by atoms with Crippen LogP contribution in [0.25, 0.3) is 10.2 Å². The summed E-state index contributed by atoms with van der Waals surface area (Å²) in [5.74, 6) is -0.0934. The van der Waals surface area contributed by atoms with Gasteiger partial charge < -0.3 is 10.2 Å². The summed E-state index contributed by atoms with van der Waals surface area (Å²) in [6.07, 6.45) is 0. The molecule has 3 rings (SSSR count). The zero-order chi connectivity index (χ0) is 15.5. The van der Waals surface area contributed by atoms with E-state index in [0.717, 1.165) is 21.0 Å². The van der Waals surface area contributed by atoms with Crippen molar-refractivity contribution >= 4 is 49.9 Å². The number of carbonyl (C=O) groups excluding carboxylic acids is 1. The molecule has 0 aliphatic carbocycles. The van der Waals surface area contributed by atoms with E-state index < -0.39 is 0 Å². The summed E-state index contributed by atoms with van der Waals surface area (Å²) in [6, 6.07) is 15.0. The fourth-order valence-corrected chi connectivity index (χ4v) is 3.09. The third-order valence-electron chi connectivity index (χ3n) is 3.12. The number of hydrogen-bond donors (Lipinski definition) is 1. The smallest absolute Gasteiger partial charge is 0.243 e. The zero-order valence-electron chi connectivity index (χ0n) is 11.9. The number of nitrogens with one attached hydrogen (secondary N) is 1. The molecule has 0 fully saturated rings. The average Bonchev–Trinajstić information content (AvgIpc) is 2.93. The Kier molecular flexibility index (Phi) is 4.27. The van der Waals surface area contributed by atoms with Crippen LogP contribution < -0.4 is 10.2 Å². The van der Waals surface area contributed by atoms with Crippen LogP contribution in [0.15, 0.2) is 48.5 Å². The van der Waals surface area contributed by atoms with E-state index in [9.17, 15) is 4.79 Å². The van der Waals surface area contributed by atoms with Crippen molar-refractivity contribution in [2.45, 2.75) is 0 Å². The monoisotopic (exact) mass is 331 g/mol. The van der Waals surface area contributed by atoms with Crippen LogP contribution in [-0.4, -0.2) is 24.5 Å². The lowest BCUT2D eigenvalue weighted by atomic mass is 10.3. The fraction of sp³-hybridized carbons (Fsp3) is 0.125. The van der Waals surface area contributed by atoms with Gasteiger partial charge in [0.25, 0.3) is 0 Å². The number of rotatable bonds is 4. The first-order chi connectivity index (χ1) is 10.6. The minimum Gasteiger partial charge on any atom is -0.342 e.